The molecule has 1 atom stereocenters. The summed E-state index contributed by atoms with van der Waals surface area (Å²) in [6.45, 7) is 10.5. The summed E-state index contributed by atoms with van der Waals surface area (Å²) in [6, 6.07) is 0. The number of hydrogen-bond acceptors (Lipinski definition) is 6. The lowest BCUT2D eigenvalue weighted by Crippen LogP contribution is -2.40. The Morgan fingerprint density at radius 3 is 2.54 bits per heavy atom. The Kier molecular flexibility index (Phi) is 3.77. The van der Waals surface area contributed by atoms with Crippen LogP contribution in [0.1, 0.15) is 75.0 Å². The lowest BCUT2D eigenvalue weighted by atomic mass is 9.93. The van der Waals surface area contributed by atoms with Gasteiger partial charge >= 0.3 is 0 Å². The highest BCUT2D eigenvalue weighted by Gasteiger charge is 2.42. The first kappa shape index (κ1) is 17.3. The van der Waals surface area contributed by atoms with Crippen LogP contribution in [-0.4, -0.2) is 33.6 Å². The van der Waals surface area contributed by atoms with Gasteiger partial charge in [-0.05, 0) is 47.5 Å². The molecule has 2 fully saturated rings. The monoisotopic (exact) mass is 358 g/mol. The summed E-state index contributed by atoms with van der Waals surface area (Å²) in [5.74, 6) is 1.66. The minimum absolute atomic E-state index is 0.0158. The number of nitrogens with zero attached hydrogens (tertiary/aromatic N) is 2. The molecule has 1 saturated heterocycles. The SMILES string of the molecule is CCNC(=O)c1c(C)oc2nc(C3CC(C)(C)O3)nc(NC3(C)CC3)c12. The smallest absolute Gasteiger partial charge is 0.255 e. The Morgan fingerprint density at radius 1 is 1.27 bits per heavy atom. The number of aromatic nitrogens is 2. The predicted octanol–water partition coefficient (Wildman–Crippen LogP) is 3.49. The largest absolute Gasteiger partial charge is 0.442 e. The standard InChI is InChI=1S/C19H26N4O3/c1-6-20-16(24)12-10(2)25-17-13(12)15(23-19(5)7-8-19)21-14(22-17)11-9-18(3,4)26-11/h11H,6-9H2,1-5H3,(H,20,24)(H,21,22,23). The van der Waals surface area contributed by atoms with Crippen LogP contribution in [0.4, 0.5) is 5.82 Å². The number of rotatable bonds is 5. The van der Waals surface area contributed by atoms with E-state index >= 15 is 0 Å². The van der Waals surface area contributed by atoms with Gasteiger partial charge in [-0.15, -0.1) is 0 Å². The molecule has 0 radical (unpaired) electrons. The van der Waals surface area contributed by atoms with Crippen molar-refractivity contribution in [2.45, 2.75) is 71.1 Å². The summed E-state index contributed by atoms with van der Waals surface area (Å²) in [5.41, 5.74) is 0.815. The Hall–Kier alpha value is -2.15. The molecule has 1 aliphatic carbocycles. The van der Waals surface area contributed by atoms with E-state index < -0.39 is 0 Å². The van der Waals surface area contributed by atoms with Crippen molar-refractivity contribution >= 4 is 22.8 Å². The van der Waals surface area contributed by atoms with Crippen LogP contribution in [0.5, 0.6) is 0 Å². The summed E-state index contributed by atoms with van der Waals surface area (Å²) in [6.07, 6.45) is 2.88. The average molecular weight is 358 g/mol. The van der Waals surface area contributed by atoms with Gasteiger partial charge in [-0.2, -0.15) is 4.98 Å². The lowest BCUT2D eigenvalue weighted by Gasteiger charge is -2.42. The van der Waals surface area contributed by atoms with E-state index in [-0.39, 0.29) is 23.2 Å². The summed E-state index contributed by atoms with van der Waals surface area (Å²) >= 11 is 0. The molecular weight excluding hydrogens is 332 g/mol. The van der Waals surface area contributed by atoms with Crippen LogP contribution in [0.25, 0.3) is 11.1 Å². The van der Waals surface area contributed by atoms with Gasteiger partial charge in [0.15, 0.2) is 5.82 Å². The van der Waals surface area contributed by atoms with Gasteiger partial charge in [-0.1, -0.05) is 0 Å². The molecule has 0 bridgehead atoms. The van der Waals surface area contributed by atoms with E-state index in [4.69, 9.17) is 14.1 Å². The second-order valence-electron chi connectivity index (χ2n) is 8.26. The minimum atomic E-state index is -0.162. The lowest BCUT2D eigenvalue weighted by molar-refractivity contribution is -0.191. The van der Waals surface area contributed by atoms with E-state index in [2.05, 4.69) is 36.4 Å². The van der Waals surface area contributed by atoms with Gasteiger partial charge in [0, 0.05) is 18.5 Å². The molecule has 2 aliphatic rings. The molecular formula is C19H26N4O3. The number of carbonyl (C=O) groups excluding carboxylic acids is 1. The van der Waals surface area contributed by atoms with Crippen molar-refractivity contribution in [1.82, 2.24) is 15.3 Å². The number of aryl methyl sites for hydroxylation is 1. The highest BCUT2D eigenvalue weighted by atomic mass is 16.5. The number of hydrogen-bond donors (Lipinski definition) is 2. The van der Waals surface area contributed by atoms with Crippen LogP contribution < -0.4 is 10.6 Å². The molecule has 26 heavy (non-hydrogen) atoms. The third-order valence-corrected chi connectivity index (χ3v) is 5.16. The normalized spacial score (nSPS) is 22.7. The van der Waals surface area contributed by atoms with Gasteiger partial charge in [0.2, 0.25) is 5.71 Å². The fourth-order valence-corrected chi connectivity index (χ4v) is 3.45. The molecule has 2 N–H and O–H groups in total. The molecule has 2 aromatic heterocycles. The zero-order valence-electron chi connectivity index (χ0n) is 16.0. The van der Waals surface area contributed by atoms with Gasteiger partial charge in [0.05, 0.1) is 16.6 Å². The summed E-state index contributed by atoms with van der Waals surface area (Å²) in [7, 11) is 0. The first-order valence-corrected chi connectivity index (χ1v) is 9.26. The van der Waals surface area contributed by atoms with Crippen LogP contribution in [0, 0.1) is 6.92 Å². The van der Waals surface area contributed by atoms with Crippen LogP contribution in [-0.2, 0) is 4.74 Å². The van der Waals surface area contributed by atoms with Crippen molar-refractivity contribution in [2.75, 3.05) is 11.9 Å². The van der Waals surface area contributed by atoms with Crippen molar-refractivity contribution in [2.24, 2.45) is 0 Å². The zero-order chi connectivity index (χ0) is 18.7. The number of fused-ring (bicyclic) bond motifs is 1. The Morgan fingerprint density at radius 2 is 1.96 bits per heavy atom. The molecule has 140 valence electrons. The summed E-state index contributed by atoms with van der Waals surface area (Å²) < 4.78 is 11.8. The highest BCUT2D eigenvalue weighted by Crippen LogP contribution is 2.44. The van der Waals surface area contributed by atoms with Gasteiger partial charge in [0.25, 0.3) is 5.91 Å². The van der Waals surface area contributed by atoms with Crippen molar-refractivity contribution in [1.29, 1.82) is 0 Å². The van der Waals surface area contributed by atoms with Gasteiger partial charge in [-0.25, -0.2) is 4.98 Å². The third kappa shape index (κ3) is 2.94. The molecule has 1 saturated carbocycles. The Labute approximate surface area is 152 Å². The maximum atomic E-state index is 12.6. The topological polar surface area (TPSA) is 89.3 Å². The van der Waals surface area contributed by atoms with Crippen LogP contribution >= 0.6 is 0 Å². The van der Waals surface area contributed by atoms with Crippen molar-refractivity contribution in [3.8, 4) is 0 Å². The van der Waals surface area contributed by atoms with Gasteiger partial charge in [-0.3, -0.25) is 4.79 Å². The van der Waals surface area contributed by atoms with Crippen molar-refractivity contribution < 1.29 is 13.9 Å². The number of anilines is 1. The van der Waals surface area contributed by atoms with Gasteiger partial charge in [0.1, 0.15) is 17.7 Å². The fourth-order valence-electron chi connectivity index (χ4n) is 3.45. The first-order chi connectivity index (χ1) is 12.2. The molecule has 0 spiro atoms. The van der Waals surface area contributed by atoms with Gasteiger partial charge < -0.3 is 19.8 Å². The zero-order valence-corrected chi connectivity index (χ0v) is 16.0. The van der Waals surface area contributed by atoms with Crippen molar-refractivity contribution in [3.63, 3.8) is 0 Å². The molecule has 0 aromatic carbocycles. The predicted molar refractivity (Wildman–Crippen MR) is 98.3 cm³/mol. The molecule has 7 nitrogen and oxygen atoms in total. The minimum Gasteiger partial charge on any atom is -0.442 e. The molecule has 7 heteroatoms. The van der Waals surface area contributed by atoms with E-state index in [1.807, 2.05) is 6.92 Å². The average Bonchev–Trinajstić information content (AvgIpc) is 3.14. The maximum Gasteiger partial charge on any atom is 0.255 e. The van der Waals surface area contributed by atoms with Crippen LogP contribution in [0.15, 0.2) is 4.42 Å². The van der Waals surface area contributed by atoms with E-state index in [0.717, 1.165) is 19.3 Å². The number of ether oxygens (including phenoxy) is 1. The highest BCUT2D eigenvalue weighted by molar-refractivity contribution is 6.10. The van der Waals surface area contributed by atoms with Crippen molar-refractivity contribution in [3.05, 3.63) is 17.1 Å². The Bertz CT molecular complexity index is 875. The molecule has 2 aromatic rings. The van der Waals surface area contributed by atoms with E-state index in [1.165, 1.54) is 0 Å². The molecule has 1 unspecified atom stereocenters. The quantitative estimate of drug-likeness (QED) is 0.850. The summed E-state index contributed by atoms with van der Waals surface area (Å²) in [4.78, 5) is 21.9. The van der Waals surface area contributed by atoms with E-state index in [1.54, 1.807) is 6.92 Å². The maximum absolute atomic E-state index is 12.6. The first-order valence-electron chi connectivity index (χ1n) is 9.26. The molecule has 1 aliphatic heterocycles. The van der Waals surface area contributed by atoms with Crippen LogP contribution in [0.2, 0.25) is 0 Å². The molecule has 1 amide bonds. The van der Waals surface area contributed by atoms with E-state index in [0.29, 0.717) is 40.6 Å². The summed E-state index contributed by atoms with van der Waals surface area (Å²) in [5, 5.41) is 7.01. The third-order valence-electron chi connectivity index (χ3n) is 5.16. The fraction of sp³-hybridized carbons (Fsp3) is 0.632. The number of furan rings is 1. The second-order valence-corrected chi connectivity index (χ2v) is 8.26. The Balaban J connectivity index is 1.82. The number of nitrogens with one attached hydrogen (secondary N) is 2. The van der Waals surface area contributed by atoms with Crippen LogP contribution in [0.3, 0.4) is 0 Å². The molecule has 3 heterocycles. The molecule has 4 rings (SSSR count). The number of carbonyl (C=O) groups is 1. The van der Waals surface area contributed by atoms with E-state index in [9.17, 15) is 4.79 Å². The number of amides is 1. The second kappa shape index (κ2) is 5.67.